The molecule has 1 saturated carbocycles. The molecule has 6 nitrogen and oxygen atoms in total. The van der Waals surface area contributed by atoms with Gasteiger partial charge in [0.15, 0.2) is 0 Å². The smallest absolute Gasteiger partial charge is 0.322 e. The SMILES string of the molecule is O=C(Nc1cccc(Cl)c1)N(CC(=O)N1CCc2sccc2C1COc1ccc(F)cc1)CC1CC1. The van der Waals surface area contributed by atoms with Gasteiger partial charge < -0.3 is 19.9 Å². The fourth-order valence-electron chi connectivity index (χ4n) is 4.43. The van der Waals surface area contributed by atoms with E-state index in [0.29, 0.717) is 35.5 Å². The van der Waals surface area contributed by atoms with Crippen molar-refractivity contribution in [2.24, 2.45) is 5.92 Å². The lowest BCUT2D eigenvalue weighted by molar-refractivity contribution is -0.135. The molecule has 1 atom stereocenters. The van der Waals surface area contributed by atoms with Crippen LogP contribution in [0.2, 0.25) is 5.02 Å². The molecule has 1 aliphatic carbocycles. The van der Waals surface area contributed by atoms with E-state index < -0.39 is 0 Å². The first-order valence-electron chi connectivity index (χ1n) is 12.0. The predicted molar refractivity (Wildman–Crippen MR) is 139 cm³/mol. The predicted octanol–water partition coefficient (Wildman–Crippen LogP) is 5.99. The van der Waals surface area contributed by atoms with Crippen molar-refractivity contribution in [2.75, 3.05) is 31.6 Å². The minimum atomic E-state index is -0.330. The number of benzene rings is 2. The van der Waals surface area contributed by atoms with Gasteiger partial charge in [0, 0.05) is 28.7 Å². The van der Waals surface area contributed by atoms with E-state index in [2.05, 4.69) is 5.32 Å². The van der Waals surface area contributed by atoms with Crippen LogP contribution in [0.5, 0.6) is 5.75 Å². The fraction of sp³-hybridized carbons (Fsp3) is 0.333. The summed E-state index contributed by atoms with van der Waals surface area (Å²) in [5.41, 5.74) is 1.66. The van der Waals surface area contributed by atoms with E-state index in [0.717, 1.165) is 24.8 Å². The molecule has 1 N–H and O–H groups in total. The van der Waals surface area contributed by atoms with Crippen LogP contribution in [0, 0.1) is 11.7 Å². The fourth-order valence-corrected chi connectivity index (χ4v) is 5.55. The highest BCUT2D eigenvalue weighted by Gasteiger charge is 2.35. The molecule has 3 aromatic rings. The first-order chi connectivity index (χ1) is 17.5. The lowest BCUT2D eigenvalue weighted by Crippen LogP contribution is -2.49. The molecule has 2 heterocycles. The molecule has 188 valence electrons. The molecule has 2 aromatic carbocycles. The number of amides is 3. The van der Waals surface area contributed by atoms with E-state index in [1.165, 1.54) is 17.0 Å². The van der Waals surface area contributed by atoms with Gasteiger partial charge in [-0.3, -0.25) is 4.79 Å². The Kier molecular flexibility index (Phi) is 7.43. The van der Waals surface area contributed by atoms with Crippen molar-refractivity contribution in [3.05, 3.63) is 81.3 Å². The average molecular weight is 528 g/mol. The number of nitrogens with zero attached hydrogens (tertiary/aromatic N) is 2. The zero-order valence-corrected chi connectivity index (χ0v) is 21.2. The van der Waals surface area contributed by atoms with Crippen molar-refractivity contribution in [2.45, 2.75) is 25.3 Å². The number of nitrogens with one attached hydrogen (secondary N) is 1. The van der Waals surface area contributed by atoms with Crippen molar-refractivity contribution < 1.29 is 18.7 Å². The summed E-state index contributed by atoms with van der Waals surface area (Å²) in [6, 6.07) is 14.3. The van der Waals surface area contributed by atoms with Gasteiger partial charge in [0.05, 0.1) is 6.04 Å². The maximum Gasteiger partial charge on any atom is 0.322 e. The van der Waals surface area contributed by atoms with Gasteiger partial charge >= 0.3 is 6.03 Å². The highest BCUT2D eigenvalue weighted by Crippen LogP contribution is 2.35. The highest BCUT2D eigenvalue weighted by molar-refractivity contribution is 7.10. The van der Waals surface area contributed by atoms with Crippen molar-refractivity contribution in [1.29, 1.82) is 0 Å². The molecule has 1 fully saturated rings. The Morgan fingerprint density at radius 1 is 1.17 bits per heavy atom. The van der Waals surface area contributed by atoms with Crippen LogP contribution in [0.1, 0.15) is 29.3 Å². The lowest BCUT2D eigenvalue weighted by Gasteiger charge is -2.37. The molecule has 5 rings (SSSR count). The van der Waals surface area contributed by atoms with Crippen molar-refractivity contribution in [3.8, 4) is 5.75 Å². The van der Waals surface area contributed by atoms with Crippen LogP contribution >= 0.6 is 22.9 Å². The second-order valence-corrected chi connectivity index (χ2v) is 10.6. The summed E-state index contributed by atoms with van der Waals surface area (Å²) in [7, 11) is 0. The summed E-state index contributed by atoms with van der Waals surface area (Å²) in [6.45, 7) is 1.32. The molecule has 0 spiro atoms. The van der Waals surface area contributed by atoms with Crippen LogP contribution < -0.4 is 10.1 Å². The number of urea groups is 1. The standard InChI is InChI=1S/C27H27ClFN3O3S/c28-19-2-1-3-21(14-19)30-27(34)31(15-18-4-5-18)16-26(33)32-12-10-25-23(11-13-36-25)24(32)17-35-22-8-6-20(29)7-9-22/h1-3,6-9,11,13-14,18,24H,4-5,10,12,15-17H2,(H,30,34). The van der Waals surface area contributed by atoms with Crippen molar-refractivity contribution in [1.82, 2.24) is 9.80 Å². The molecule has 36 heavy (non-hydrogen) atoms. The summed E-state index contributed by atoms with van der Waals surface area (Å²) in [6.07, 6.45) is 2.89. The van der Waals surface area contributed by atoms with E-state index >= 15 is 0 Å². The van der Waals surface area contributed by atoms with E-state index in [-0.39, 0.29) is 36.9 Å². The molecule has 9 heteroatoms. The third-order valence-electron chi connectivity index (χ3n) is 6.50. The molecule has 0 radical (unpaired) electrons. The Balaban J connectivity index is 1.30. The Bertz CT molecular complexity index is 1230. The highest BCUT2D eigenvalue weighted by atomic mass is 35.5. The first kappa shape index (κ1) is 24.6. The van der Waals surface area contributed by atoms with E-state index in [4.69, 9.17) is 16.3 Å². The largest absolute Gasteiger partial charge is 0.491 e. The molecule has 1 aliphatic heterocycles. The van der Waals surface area contributed by atoms with Gasteiger partial charge in [0.1, 0.15) is 24.7 Å². The van der Waals surface area contributed by atoms with E-state index in [1.807, 2.05) is 16.3 Å². The van der Waals surface area contributed by atoms with Crippen LogP contribution in [-0.4, -0.2) is 48.0 Å². The molecular formula is C27H27ClFN3O3S. The number of carbonyl (C=O) groups is 2. The summed E-state index contributed by atoms with van der Waals surface area (Å²) in [5.74, 6) is 0.512. The van der Waals surface area contributed by atoms with Gasteiger partial charge in [-0.2, -0.15) is 0 Å². The Hall–Kier alpha value is -3.10. The van der Waals surface area contributed by atoms with Gasteiger partial charge in [-0.25, -0.2) is 9.18 Å². The molecule has 1 unspecified atom stereocenters. The van der Waals surface area contributed by atoms with Crippen LogP contribution in [0.25, 0.3) is 0 Å². The normalized spacial score (nSPS) is 16.8. The van der Waals surface area contributed by atoms with Crippen LogP contribution in [-0.2, 0) is 11.2 Å². The van der Waals surface area contributed by atoms with Gasteiger partial charge in [-0.15, -0.1) is 11.3 Å². The third kappa shape index (κ3) is 5.99. The molecular weight excluding hydrogens is 501 g/mol. The van der Waals surface area contributed by atoms with Gasteiger partial charge in [-0.1, -0.05) is 17.7 Å². The quantitative estimate of drug-likeness (QED) is 0.391. The third-order valence-corrected chi connectivity index (χ3v) is 7.73. The molecule has 2 aliphatic rings. The first-order valence-corrected chi connectivity index (χ1v) is 13.3. The zero-order valence-electron chi connectivity index (χ0n) is 19.7. The minimum absolute atomic E-state index is 0.0184. The van der Waals surface area contributed by atoms with Crippen LogP contribution in [0.15, 0.2) is 60.0 Å². The zero-order chi connectivity index (χ0) is 25.1. The number of rotatable bonds is 8. The maximum absolute atomic E-state index is 13.6. The number of hydrogen-bond donors (Lipinski definition) is 1. The Morgan fingerprint density at radius 2 is 1.97 bits per heavy atom. The summed E-state index contributed by atoms with van der Waals surface area (Å²) < 4.78 is 19.3. The maximum atomic E-state index is 13.6. The molecule has 0 saturated heterocycles. The monoisotopic (exact) mass is 527 g/mol. The summed E-state index contributed by atoms with van der Waals surface area (Å²) in [4.78, 5) is 31.4. The number of anilines is 1. The van der Waals surface area contributed by atoms with Gasteiger partial charge in [0.2, 0.25) is 5.91 Å². The number of halogens is 2. The second kappa shape index (κ2) is 10.9. The Labute approximate surface area is 218 Å². The molecule has 3 amide bonds. The van der Waals surface area contributed by atoms with Crippen LogP contribution in [0.3, 0.4) is 0 Å². The number of hydrogen-bond acceptors (Lipinski definition) is 4. The topological polar surface area (TPSA) is 61.9 Å². The summed E-state index contributed by atoms with van der Waals surface area (Å²) in [5, 5.41) is 5.43. The molecule has 0 bridgehead atoms. The van der Waals surface area contributed by atoms with E-state index in [1.54, 1.807) is 52.6 Å². The Morgan fingerprint density at radius 3 is 2.72 bits per heavy atom. The van der Waals surface area contributed by atoms with Crippen LogP contribution in [0.4, 0.5) is 14.9 Å². The average Bonchev–Trinajstić information content (AvgIpc) is 3.55. The second-order valence-electron chi connectivity index (χ2n) is 9.18. The van der Waals surface area contributed by atoms with Crippen molar-refractivity contribution >= 4 is 40.6 Å². The minimum Gasteiger partial charge on any atom is -0.491 e. The lowest BCUT2D eigenvalue weighted by atomic mass is 10.0. The number of ether oxygens (including phenoxy) is 1. The number of thiophene rings is 1. The van der Waals surface area contributed by atoms with E-state index in [9.17, 15) is 14.0 Å². The number of carbonyl (C=O) groups excluding carboxylic acids is 2. The summed E-state index contributed by atoms with van der Waals surface area (Å²) >= 11 is 7.74. The number of fused-ring (bicyclic) bond motifs is 1. The van der Waals surface area contributed by atoms with Crippen molar-refractivity contribution in [3.63, 3.8) is 0 Å². The van der Waals surface area contributed by atoms with Gasteiger partial charge in [0.25, 0.3) is 0 Å². The van der Waals surface area contributed by atoms with Gasteiger partial charge in [-0.05, 0) is 84.7 Å². The molecule has 1 aromatic heterocycles.